The van der Waals surface area contributed by atoms with E-state index in [1.54, 1.807) is 11.3 Å². The highest BCUT2D eigenvalue weighted by Gasteiger charge is 2.06. The maximum atomic E-state index is 6.23. The van der Waals surface area contributed by atoms with Crippen LogP contribution in [0.3, 0.4) is 0 Å². The van der Waals surface area contributed by atoms with E-state index in [4.69, 9.17) is 5.73 Å². The Balaban J connectivity index is 1.88. The van der Waals surface area contributed by atoms with Crippen LogP contribution in [0.5, 0.6) is 0 Å². The predicted molar refractivity (Wildman–Crippen MR) is 80.2 cm³/mol. The Morgan fingerprint density at radius 3 is 2.44 bits per heavy atom. The summed E-state index contributed by atoms with van der Waals surface area (Å²) in [5.41, 5.74) is 11.7. The third-order valence-corrected chi connectivity index (χ3v) is 3.90. The van der Waals surface area contributed by atoms with Gasteiger partial charge in [-0.15, -0.1) is 0 Å². The van der Waals surface area contributed by atoms with Gasteiger partial charge < -0.3 is 5.73 Å². The largest absolute Gasteiger partial charge is 0.327 e. The van der Waals surface area contributed by atoms with E-state index >= 15 is 0 Å². The quantitative estimate of drug-likeness (QED) is 0.866. The van der Waals surface area contributed by atoms with E-state index < -0.39 is 0 Å². The lowest BCUT2D eigenvalue weighted by Gasteiger charge is -2.12. The van der Waals surface area contributed by atoms with Crippen LogP contribution in [0.4, 0.5) is 0 Å². The zero-order chi connectivity index (χ0) is 13.0. The summed E-state index contributed by atoms with van der Waals surface area (Å²) in [5, 5.41) is 4.34. The zero-order valence-electron chi connectivity index (χ0n) is 11.1. The molecule has 0 amide bonds. The SMILES string of the molecule is Cc1cc(C)cc(CC(N)CCc2ccsc2)c1. The molecule has 1 aromatic heterocycles. The number of hydrogen-bond donors (Lipinski definition) is 1. The van der Waals surface area contributed by atoms with Gasteiger partial charge in [0, 0.05) is 6.04 Å². The fraction of sp³-hybridized carbons (Fsp3) is 0.375. The molecule has 2 aromatic rings. The molecule has 0 aliphatic heterocycles. The molecule has 0 saturated heterocycles. The summed E-state index contributed by atoms with van der Waals surface area (Å²) in [7, 11) is 0. The van der Waals surface area contributed by atoms with Crippen LogP contribution in [-0.4, -0.2) is 6.04 Å². The van der Waals surface area contributed by atoms with Crippen molar-refractivity contribution in [2.24, 2.45) is 5.73 Å². The van der Waals surface area contributed by atoms with Crippen LogP contribution in [0.15, 0.2) is 35.0 Å². The predicted octanol–water partition coefficient (Wildman–Crippen LogP) is 3.87. The second-order valence-electron chi connectivity index (χ2n) is 5.13. The lowest BCUT2D eigenvalue weighted by atomic mass is 9.98. The van der Waals surface area contributed by atoms with Gasteiger partial charge in [-0.3, -0.25) is 0 Å². The summed E-state index contributed by atoms with van der Waals surface area (Å²) < 4.78 is 0. The standard InChI is InChI=1S/C16H21NS/c1-12-7-13(2)9-15(8-12)10-16(17)4-3-14-5-6-18-11-14/h5-9,11,16H,3-4,10,17H2,1-2H3. The van der Waals surface area contributed by atoms with Crippen molar-refractivity contribution in [3.63, 3.8) is 0 Å². The molecule has 0 aliphatic rings. The minimum atomic E-state index is 0.256. The minimum absolute atomic E-state index is 0.256. The number of benzene rings is 1. The Kier molecular flexibility index (Phi) is 4.56. The van der Waals surface area contributed by atoms with Gasteiger partial charge >= 0.3 is 0 Å². The number of thiophene rings is 1. The molecule has 18 heavy (non-hydrogen) atoms. The molecule has 96 valence electrons. The van der Waals surface area contributed by atoms with Crippen molar-refractivity contribution in [1.29, 1.82) is 0 Å². The van der Waals surface area contributed by atoms with Gasteiger partial charge in [-0.05, 0) is 61.1 Å². The maximum Gasteiger partial charge on any atom is 0.00824 e. The van der Waals surface area contributed by atoms with Crippen LogP contribution in [0.2, 0.25) is 0 Å². The number of aryl methyl sites for hydroxylation is 3. The van der Waals surface area contributed by atoms with Crippen LogP contribution in [0, 0.1) is 13.8 Å². The summed E-state index contributed by atoms with van der Waals surface area (Å²) in [6.45, 7) is 4.29. The molecule has 1 nitrogen and oxygen atoms in total. The summed E-state index contributed by atoms with van der Waals surface area (Å²) in [5.74, 6) is 0. The molecule has 2 N–H and O–H groups in total. The van der Waals surface area contributed by atoms with Crippen LogP contribution >= 0.6 is 11.3 Å². The Morgan fingerprint density at radius 2 is 1.83 bits per heavy atom. The molecule has 1 unspecified atom stereocenters. The minimum Gasteiger partial charge on any atom is -0.327 e. The average molecular weight is 259 g/mol. The molecule has 0 fully saturated rings. The van der Waals surface area contributed by atoms with E-state index in [1.807, 2.05) is 0 Å². The monoisotopic (exact) mass is 259 g/mol. The van der Waals surface area contributed by atoms with E-state index in [1.165, 1.54) is 22.3 Å². The van der Waals surface area contributed by atoms with Crippen molar-refractivity contribution in [1.82, 2.24) is 0 Å². The first-order valence-corrected chi connectivity index (χ1v) is 7.41. The van der Waals surface area contributed by atoms with Gasteiger partial charge in [0.2, 0.25) is 0 Å². The normalized spacial score (nSPS) is 12.6. The number of hydrogen-bond acceptors (Lipinski definition) is 2. The molecule has 0 radical (unpaired) electrons. The second-order valence-corrected chi connectivity index (χ2v) is 5.91. The smallest absolute Gasteiger partial charge is 0.00824 e. The van der Waals surface area contributed by atoms with E-state index in [2.05, 4.69) is 48.9 Å². The lowest BCUT2D eigenvalue weighted by molar-refractivity contribution is 0.610. The van der Waals surface area contributed by atoms with Crippen molar-refractivity contribution in [3.05, 3.63) is 57.3 Å². The molecular weight excluding hydrogens is 238 g/mol. The second kappa shape index (κ2) is 6.17. The van der Waals surface area contributed by atoms with Crippen LogP contribution < -0.4 is 5.73 Å². The van der Waals surface area contributed by atoms with Crippen LogP contribution in [0.25, 0.3) is 0 Å². The van der Waals surface area contributed by atoms with E-state index in [9.17, 15) is 0 Å². The summed E-state index contributed by atoms with van der Waals surface area (Å²) in [6, 6.07) is 9.15. The van der Waals surface area contributed by atoms with Crippen LogP contribution in [0.1, 0.15) is 28.7 Å². The molecule has 1 heterocycles. The van der Waals surface area contributed by atoms with Gasteiger partial charge in [-0.2, -0.15) is 11.3 Å². The Bertz CT molecular complexity index is 468. The third kappa shape index (κ3) is 3.97. The molecule has 1 aromatic carbocycles. The third-order valence-electron chi connectivity index (χ3n) is 3.16. The van der Waals surface area contributed by atoms with Crippen molar-refractivity contribution >= 4 is 11.3 Å². The number of rotatable bonds is 5. The molecule has 0 saturated carbocycles. The van der Waals surface area contributed by atoms with Crippen molar-refractivity contribution < 1.29 is 0 Å². The molecule has 2 rings (SSSR count). The van der Waals surface area contributed by atoms with Gasteiger partial charge in [0.1, 0.15) is 0 Å². The molecule has 1 atom stereocenters. The van der Waals surface area contributed by atoms with E-state index in [-0.39, 0.29) is 6.04 Å². The highest BCUT2D eigenvalue weighted by Crippen LogP contribution is 2.14. The van der Waals surface area contributed by atoms with Gasteiger partial charge in [0.15, 0.2) is 0 Å². The van der Waals surface area contributed by atoms with E-state index in [0.717, 1.165) is 19.3 Å². The van der Waals surface area contributed by atoms with Crippen molar-refractivity contribution in [2.45, 2.75) is 39.2 Å². The fourth-order valence-corrected chi connectivity index (χ4v) is 3.08. The zero-order valence-corrected chi connectivity index (χ0v) is 12.0. The lowest BCUT2D eigenvalue weighted by Crippen LogP contribution is -2.23. The molecular formula is C16H21NS. The van der Waals surface area contributed by atoms with Crippen LogP contribution in [-0.2, 0) is 12.8 Å². The van der Waals surface area contributed by atoms with Gasteiger partial charge in [-0.1, -0.05) is 29.3 Å². The first-order chi connectivity index (χ1) is 8.63. The molecule has 0 spiro atoms. The van der Waals surface area contributed by atoms with Gasteiger partial charge in [-0.25, -0.2) is 0 Å². The van der Waals surface area contributed by atoms with E-state index in [0.29, 0.717) is 0 Å². The summed E-state index contributed by atoms with van der Waals surface area (Å²) in [6.07, 6.45) is 3.13. The summed E-state index contributed by atoms with van der Waals surface area (Å²) in [4.78, 5) is 0. The van der Waals surface area contributed by atoms with Gasteiger partial charge in [0.05, 0.1) is 0 Å². The maximum absolute atomic E-state index is 6.23. The molecule has 0 aliphatic carbocycles. The Hall–Kier alpha value is -1.12. The molecule has 2 heteroatoms. The Morgan fingerprint density at radius 1 is 1.11 bits per heavy atom. The van der Waals surface area contributed by atoms with Crippen molar-refractivity contribution in [3.8, 4) is 0 Å². The highest BCUT2D eigenvalue weighted by molar-refractivity contribution is 7.07. The summed E-state index contributed by atoms with van der Waals surface area (Å²) >= 11 is 1.76. The fourth-order valence-electron chi connectivity index (χ4n) is 2.38. The first-order valence-electron chi connectivity index (χ1n) is 6.47. The van der Waals surface area contributed by atoms with Gasteiger partial charge in [0.25, 0.3) is 0 Å². The Labute approximate surface area is 114 Å². The first kappa shape index (κ1) is 13.3. The topological polar surface area (TPSA) is 26.0 Å². The highest BCUT2D eigenvalue weighted by atomic mass is 32.1. The van der Waals surface area contributed by atoms with Crippen molar-refractivity contribution in [2.75, 3.05) is 0 Å². The average Bonchev–Trinajstić information content (AvgIpc) is 2.77. The number of nitrogens with two attached hydrogens (primary N) is 1. The molecule has 0 bridgehead atoms.